The van der Waals surface area contributed by atoms with E-state index in [0.717, 1.165) is 44.7 Å². The number of carbonyl (C=O) groups is 2. The summed E-state index contributed by atoms with van der Waals surface area (Å²) in [5.41, 5.74) is 2.97. The number of nitrogens with zero attached hydrogens (tertiary/aromatic N) is 3. The average Bonchev–Trinajstić information content (AvgIpc) is 2.99. The Morgan fingerprint density at radius 3 is 2.54 bits per heavy atom. The fourth-order valence-corrected chi connectivity index (χ4v) is 3.71. The van der Waals surface area contributed by atoms with E-state index < -0.39 is 0 Å². The summed E-state index contributed by atoms with van der Waals surface area (Å²) in [5, 5.41) is 2.94. The Bertz CT molecular complexity index is 668. The van der Waals surface area contributed by atoms with Crippen molar-refractivity contribution in [3.63, 3.8) is 0 Å². The number of likely N-dealkylation sites (tertiary alicyclic amines) is 1. The summed E-state index contributed by atoms with van der Waals surface area (Å²) >= 11 is 0. The molecule has 1 unspecified atom stereocenters. The third-order valence-electron chi connectivity index (χ3n) is 5.68. The summed E-state index contributed by atoms with van der Waals surface area (Å²) in [5.74, 6) is 0.144. The van der Waals surface area contributed by atoms with Crippen molar-refractivity contribution in [3.05, 3.63) is 34.9 Å². The number of rotatable bonds is 5. The lowest BCUT2D eigenvalue weighted by Crippen LogP contribution is -2.51. The molecule has 1 N–H and O–H groups in total. The second-order valence-corrected chi connectivity index (χ2v) is 7.52. The van der Waals surface area contributed by atoms with E-state index in [2.05, 4.69) is 22.2 Å². The van der Waals surface area contributed by atoms with Gasteiger partial charge in [0.15, 0.2) is 0 Å². The Morgan fingerprint density at radius 1 is 1.12 bits per heavy atom. The first-order chi connectivity index (χ1) is 12.5. The van der Waals surface area contributed by atoms with E-state index in [9.17, 15) is 9.59 Å². The summed E-state index contributed by atoms with van der Waals surface area (Å²) in [4.78, 5) is 31.5. The Morgan fingerprint density at radius 2 is 1.85 bits per heavy atom. The number of hydrogen-bond acceptors (Lipinski definition) is 4. The Kier molecular flexibility index (Phi) is 5.94. The average molecular weight is 358 g/mol. The van der Waals surface area contributed by atoms with Crippen molar-refractivity contribution < 1.29 is 9.59 Å². The molecule has 2 amide bonds. The minimum absolute atomic E-state index is 0.0270. The maximum Gasteiger partial charge on any atom is 0.251 e. The van der Waals surface area contributed by atoms with Gasteiger partial charge >= 0.3 is 0 Å². The molecule has 0 saturated carbocycles. The molecule has 26 heavy (non-hydrogen) atoms. The van der Waals surface area contributed by atoms with Crippen LogP contribution < -0.4 is 5.32 Å². The maximum absolute atomic E-state index is 12.7. The number of hydrogen-bond donors (Lipinski definition) is 1. The molecule has 2 aliphatic rings. The first kappa shape index (κ1) is 18.9. The minimum Gasteiger partial charge on any atom is -0.350 e. The van der Waals surface area contributed by atoms with Crippen molar-refractivity contribution in [2.75, 3.05) is 52.9 Å². The van der Waals surface area contributed by atoms with Gasteiger partial charge in [0, 0.05) is 51.4 Å². The highest BCUT2D eigenvalue weighted by atomic mass is 16.2. The molecule has 2 heterocycles. The molecule has 0 aromatic heterocycles. The van der Waals surface area contributed by atoms with Gasteiger partial charge in [-0.3, -0.25) is 14.5 Å². The SMILES string of the molecule is Cc1ccc(C(=O)NCCN2CCC(N3CCN(C)CC3)C2=O)cc1C. The van der Waals surface area contributed by atoms with E-state index in [1.807, 2.05) is 36.9 Å². The van der Waals surface area contributed by atoms with Gasteiger partial charge in [-0.2, -0.15) is 0 Å². The van der Waals surface area contributed by atoms with Crippen molar-refractivity contribution in [1.82, 2.24) is 20.0 Å². The van der Waals surface area contributed by atoms with E-state index in [0.29, 0.717) is 18.7 Å². The van der Waals surface area contributed by atoms with Gasteiger partial charge in [-0.15, -0.1) is 0 Å². The lowest BCUT2D eigenvalue weighted by atomic mass is 10.1. The molecule has 142 valence electrons. The lowest BCUT2D eigenvalue weighted by Gasteiger charge is -2.35. The highest BCUT2D eigenvalue weighted by Crippen LogP contribution is 2.18. The van der Waals surface area contributed by atoms with Crippen LogP contribution in [0.4, 0.5) is 0 Å². The second-order valence-electron chi connectivity index (χ2n) is 7.52. The standard InChI is InChI=1S/C20H30N4O2/c1-15-4-5-17(14-16(15)2)19(25)21-7-9-24-8-6-18(20(24)26)23-12-10-22(3)11-13-23/h4-5,14,18H,6-13H2,1-3H3,(H,21,25). The number of benzene rings is 1. The number of amides is 2. The molecule has 6 nitrogen and oxygen atoms in total. The van der Waals surface area contributed by atoms with Crippen LogP contribution >= 0.6 is 0 Å². The summed E-state index contributed by atoms with van der Waals surface area (Å²) < 4.78 is 0. The van der Waals surface area contributed by atoms with Crippen molar-refractivity contribution in [1.29, 1.82) is 0 Å². The van der Waals surface area contributed by atoms with Crippen LogP contribution in [0.3, 0.4) is 0 Å². The molecule has 1 atom stereocenters. The molecule has 0 spiro atoms. The van der Waals surface area contributed by atoms with E-state index in [4.69, 9.17) is 0 Å². The highest BCUT2D eigenvalue weighted by molar-refractivity contribution is 5.94. The van der Waals surface area contributed by atoms with Crippen molar-refractivity contribution >= 4 is 11.8 Å². The summed E-state index contributed by atoms with van der Waals surface area (Å²) in [6.45, 7) is 9.88. The molecule has 3 rings (SSSR count). The van der Waals surface area contributed by atoms with Crippen LogP contribution in [-0.4, -0.2) is 85.4 Å². The zero-order valence-corrected chi connectivity index (χ0v) is 16.1. The fourth-order valence-electron chi connectivity index (χ4n) is 3.71. The second kappa shape index (κ2) is 8.18. The van der Waals surface area contributed by atoms with Gasteiger partial charge in [-0.25, -0.2) is 0 Å². The van der Waals surface area contributed by atoms with E-state index in [1.165, 1.54) is 5.56 Å². The van der Waals surface area contributed by atoms with Gasteiger partial charge in [-0.1, -0.05) is 6.07 Å². The predicted molar refractivity (Wildman–Crippen MR) is 102 cm³/mol. The molecule has 2 saturated heterocycles. The quantitative estimate of drug-likeness (QED) is 0.849. The van der Waals surface area contributed by atoms with Crippen LogP contribution in [0.15, 0.2) is 18.2 Å². The van der Waals surface area contributed by atoms with Crippen molar-refractivity contribution in [2.24, 2.45) is 0 Å². The molecule has 2 aliphatic heterocycles. The molecule has 0 aliphatic carbocycles. The molecule has 0 radical (unpaired) electrons. The molecular formula is C20H30N4O2. The van der Waals surface area contributed by atoms with E-state index >= 15 is 0 Å². The smallest absolute Gasteiger partial charge is 0.251 e. The molecule has 2 fully saturated rings. The van der Waals surface area contributed by atoms with Gasteiger partial charge in [0.25, 0.3) is 5.91 Å². The molecule has 1 aromatic rings. The molecule has 1 aromatic carbocycles. The third-order valence-corrected chi connectivity index (χ3v) is 5.68. The van der Waals surface area contributed by atoms with Gasteiger partial charge < -0.3 is 15.1 Å². The van der Waals surface area contributed by atoms with Crippen LogP contribution in [0.25, 0.3) is 0 Å². The first-order valence-electron chi connectivity index (χ1n) is 9.52. The van der Waals surface area contributed by atoms with Gasteiger partial charge in [0.1, 0.15) is 0 Å². The Hall–Kier alpha value is -1.92. The highest BCUT2D eigenvalue weighted by Gasteiger charge is 2.36. The van der Waals surface area contributed by atoms with Crippen LogP contribution in [0, 0.1) is 13.8 Å². The fraction of sp³-hybridized carbons (Fsp3) is 0.600. The van der Waals surface area contributed by atoms with Crippen LogP contribution in [0.5, 0.6) is 0 Å². The number of likely N-dealkylation sites (N-methyl/N-ethyl adjacent to an activating group) is 1. The van der Waals surface area contributed by atoms with Crippen LogP contribution in [0.2, 0.25) is 0 Å². The maximum atomic E-state index is 12.7. The minimum atomic E-state index is -0.0737. The molecule has 6 heteroatoms. The number of carbonyl (C=O) groups excluding carboxylic acids is 2. The molecule has 0 bridgehead atoms. The van der Waals surface area contributed by atoms with Crippen molar-refractivity contribution in [2.45, 2.75) is 26.3 Å². The summed E-state index contributed by atoms with van der Waals surface area (Å²) in [7, 11) is 2.12. The number of nitrogens with one attached hydrogen (secondary N) is 1. The molecular weight excluding hydrogens is 328 g/mol. The van der Waals surface area contributed by atoms with E-state index in [-0.39, 0.29) is 17.9 Å². The first-order valence-corrected chi connectivity index (χ1v) is 9.52. The third kappa shape index (κ3) is 4.24. The topological polar surface area (TPSA) is 55.9 Å². The summed E-state index contributed by atoms with van der Waals surface area (Å²) in [6, 6.07) is 5.76. The van der Waals surface area contributed by atoms with Crippen LogP contribution in [-0.2, 0) is 4.79 Å². The number of aryl methyl sites for hydroxylation is 2. The lowest BCUT2D eigenvalue weighted by molar-refractivity contribution is -0.132. The predicted octanol–water partition coefficient (Wildman–Crippen LogP) is 0.882. The van der Waals surface area contributed by atoms with Gasteiger partial charge in [0.05, 0.1) is 6.04 Å². The number of piperazine rings is 1. The Labute approximate surface area is 156 Å². The van der Waals surface area contributed by atoms with Crippen LogP contribution in [0.1, 0.15) is 27.9 Å². The zero-order chi connectivity index (χ0) is 18.7. The van der Waals surface area contributed by atoms with Gasteiger partial charge in [-0.05, 0) is 50.6 Å². The Balaban J connectivity index is 1.45. The van der Waals surface area contributed by atoms with Gasteiger partial charge in [0.2, 0.25) is 5.91 Å². The monoisotopic (exact) mass is 358 g/mol. The van der Waals surface area contributed by atoms with E-state index in [1.54, 1.807) is 0 Å². The normalized spacial score (nSPS) is 22.0. The summed E-state index contributed by atoms with van der Waals surface area (Å²) in [6.07, 6.45) is 0.896. The largest absolute Gasteiger partial charge is 0.350 e. The van der Waals surface area contributed by atoms with Crippen molar-refractivity contribution in [3.8, 4) is 0 Å². The zero-order valence-electron chi connectivity index (χ0n) is 16.1.